The molecule has 1 rings (SSSR count). The molecule has 3 nitrogen and oxygen atoms in total. The first-order valence-corrected chi connectivity index (χ1v) is 4.66. The molecule has 0 aliphatic rings. The van der Waals surface area contributed by atoms with Crippen LogP contribution in [0.4, 0.5) is 0 Å². The van der Waals surface area contributed by atoms with Gasteiger partial charge in [-0.2, -0.15) is 0 Å². The number of aromatic nitrogens is 2. The summed E-state index contributed by atoms with van der Waals surface area (Å²) in [5, 5.41) is 0. The SMILES string of the molecule is C=CCCC(=O)c1nc[nH]c1I. The molecule has 0 radical (unpaired) electrons. The molecular weight excluding hydrogens is 267 g/mol. The lowest BCUT2D eigenvalue weighted by Crippen LogP contribution is -2.00. The Morgan fingerprint density at radius 2 is 2.58 bits per heavy atom. The number of nitrogens with zero attached hydrogens (tertiary/aromatic N) is 1. The van der Waals surface area contributed by atoms with E-state index < -0.39 is 0 Å². The topological polar surface area (TPSA) is 45.8 Å². The molecule has 0 fully saturated rings. The number of hydrogen-bond donors (Lipinski definition) is 1. The molecule has 0 aliphatic carbocycles. The minimum absolute atomic E-state index is 0.0700. The Morgan fingerprint density at radius 3 is 3.08 bits per heavy atom. The van der Waals surface area contributed by atoms with E-state index in [1.165, 1.54) is 6.33 Å². The number of Topliss-reactive ketones (excluding diaryl/α,β-unsaturated/α-hetero) is 1. The van der Waals surface area contributed by atoms with E-state index in [2.05, 4.69) is 39.1 Å². The van der Waals surface area contributed by atoms with E-state index in [0.717, 1.165) is 3.70 Å². The number of halogens is 1. The summed E-state index contributed by atoms with van der Waals surface area (Å²) in [4.78, 5) is 18.1. The number of hydrogen-bond acceptors (Lipinski definition) is 2. The second-order valence-corrected chi connectivity index (χ2v) is 3.39. The normalized spacial score (nSPS) is 9.75. The van der Waals surface area contributed by atoms with Crippen LogP contribution in [0.5, 0.6) is 0 Å². The maximum Gasteiger partial charge on any atom is 0.184 e. The van der Waals surface area contributed by atoms with Crippen LogP contribution in [0, 0.1) is 3.70 Å². The van der Waals surface area contributed by atoms with Crippen molar-refractivity contribution in [2.24, 2.45) is 0 Å². The van der Waals surface area contributed by atoms with Crippen molar-refractivity contribution in [1.82, 2.24) is 9.97 Å². The highest BCUT2D eigenvalue weighted by atomic mass is 127. The summed E-state index contributed by atoms with van der Waals surface area (Å²) in [6, 6.07) is 0. The van der Waals surface area contributed by atoms with Gasteiger partial charge in [-0.15, -0.1) is 6.58 Å². The first-order valence-electron chi connectivity index (χ1n) is 3.58. The van der Waals surface area contributed by atoms with Crippen LogP contribution in [0.15, 0.2) is 19.0 Å². The van der Waals surface area contributed by atoms with Crippen LogP contribution in [-0.2, 0) is 0 Å². The summed E-state index contributed by atoms with van der Waals surface area (Å²) in [5.74, 6) is 0.0700. The highest BCUT2D eigenvalue weighted by molar-refractivity contribution is 14.1. The van der Waals surface area contributed by atoms with Crippen LogP contribution < -0.4 is 0 Å². The van der Waals surface area contributed by atoms with E-state index in [1.54, 1.807) is 6.08 Å². The van der Waals surface area contributed by atoms with Gasteiger partial charge in [0.25, 0.3) is 0 Å². The molecule has 0 atom stereocenters. The summed E-state index contributed by atoms with van der Waals surface area (Å²) in [6.07, 6.45) is 4.46. The molecule has 64 valence electrons. The molecule has 1 heterocycles. The fraction of sp³-hybridized carbons (Fsp3) is 0.250. The van der Waals surface area contributed by atoms with Crippen LogP contribution >= 0.6 is 22.6 Å². The third-order valence-electron chi connectivity index (χ3n) is 1.43. The van der Waals surface area contributed by atoms with E-state index in [9.17, 15) is 4.79 Å². The third kappa shape index (κ3) is 2.17. The Hall–Kier alpha value is -0.650. The average molecular weight is 276 g/mol. The smallest absolute Gasteiger partial charge is 0.184 e. The van der Waals surface area contributed by atoms with Gasteiger partial charge in [-0.3, -0.25) is 4.79 Å². The van der Waals surface area contributed by atoms with Crippen molar-refractivity contribution in [3.05, 3.63) is 28.4 Å². The maximum absolute atomic E-state index is 11.4. The predicted molar refractivity (Wildman–Crippen MR) is 55.1 cm³/mol. The van der Waals surface area contributed by atoms with Gasteiger partial charge < -0.3 is 4.98 Å². The van der Waals surface area contributed by atoms with Gasteiger partial charge >= 0.3 is 0 Å². The first-order chi connectivity index (χ1) is 5.75. The summed E-state index contributed by atoms with van der Waals surface area (Å²) < 4.78 is 0.807. The molecule has 0 unspecified atom stereocenters. The van der Waals surface area contributed by atoms with Crippen LogP contribution in [-0.4, -0.2) is 15.8 Å². The van der Waals surface area contributed by atoms with Gasteiger partial charge in [0.1, 0.15) is 9.39 Å². The Balaban J connectivity index is 2.65. The molecule has 12 heavy (non-hydrogen) atoms. The minimum atomic E-state index is 0.0700. The second kappa shape index (κ2) is 4.39. The second-order valence-electron chi connectivity index (χ2n) is 2.32. The molecule has 1 aromatic rings. The Bertz CT molecular complexity index is 293. The number of allylic oxidation sites excluding steroid dienone is 1. The third-order valence-corrected chi connectivity index (χ3v) is 2.25. The van der Waals surface area contributed by atoms with E-state index >= 15 is 0 Å². The maximum atomic E-state index is 11.4. The highest BCUT2D eigenvalue weighted by Gasteiger charge is 2.10. The number of H-pyrrole nitrogens is 1. The van der Waals surface area contributed by atoms with Crippen molar-refractivity contribution in [2.75, 3.05) is 0 Å². The van der Waals surface area contributed by atoms with Crippen LogP contribution in [0.25, 0.3) is 0 Å². The molecule has 4 heteroatoms. The molecule has 0 amide bonds. The van der Waals surface area contributed by atoms with Crippen molar-refractivity contribution in [3.8, 4) is 0 Å². The first kappa shape index (κ1) is 9.44. The fourth-order valence-corrected chi connectivity index (χ4v) is 1.40. The van der Waals surface area contributed by atoms with E-state index in [0.29, 0.717) is 18.5 Å². The Kier molecular flexibility index (Phi) is 3.46. The van der Waals surface area contributed by atoms with Crippen LogP contribution in [0.1, 0.15) is 23.3 Å². The zero-order valence-corrected chi connectivity index (χ0v) is 8.67. The largest absolute Gasteiger partial charge is 0.339 e. The molecule has 0 saturated heterocycles. The Labute approximate surface area is 84.4 Å². The van der Waals surface area contributed by atoms with E-state index in [-0.39, 0.29) is 5.78 Å². The number of rotatable bonds is 4. The number of carbonyl (C=O) groups excluding carboxylic acids is 1. The zero-order chi connectivity index (χ0) is 8.97. The van der Waals surface area contributed by atoms with Crippen molar-refractivity contribution in [1.29, 1.82) is 0 Å². The van der Waals surface area contributed by atoms with Crippen LogP contribution in [0.2, 0.25) is 0 Å². The summed E-state index contributed by atoms with van der Waals surface area (Å²) in [7, 11) is 0. The molecule has 0 aliphatic heterocycles. The molecule has 0 aromatic carbocycles. The van der Waals surface area contributed by atoms with Gasteiger partial charge in [-0.05, 0) is 29.0 Å². The predicted octanol–water partition coefficient (Wildman–Crippen LogP) is 2.16. The van der Waals surface area contributed by atoms with Gasteiger partial charge in [0.2, 0.25) is 0 Å². The van der Waals surface area contributed by atoms with Crippen molar-refractivity contribution >= 4 is 28.4 Å². The quantitative estimate of drug-likeness (QED) is 0.520. The molecule has 1 N–H and O–H groups in total. The molecule has 0 spiro atoms. The van der Waals surface area contributed by atoms with Gasteiger partial charge in [0.15, 0.2) is 5.78 Å². The molecule has 0 saturated carbocycles. The number of carbonyl (C=O) groups is 1. The number of ketones is 1. The molecule has 1 aromatic heterocycles. The van der Waals surface area contributed by atoms with Gasteiger partial charge in [0, 0.05) is 6.42 Å². The summed E-state index contributed by atoms with van der Waals surface area (Å²) in [6.45, 7) is 3.55. The number of aromatic amines is 1. The van der Waals surface area contributed by atoms with Crippen molar-refractivity contribution in [2.45, 2.75) is 12.8 Å². The summed E-state index contributed by atoms with van der Waals surface area (Å²) in [5.41, 5.74) is 0.539. The highest BCUT2D eigenvalue weighted by Crippen LogP contribution is 2.09. The average Bonchev–Trinajstić information content (AvgIpc) is 2.47. The lowest BCUT2D eigenvalue weighted by molar-refractivity contribution is 0.0978. The number of imidazole rings is 1. The molecule has 0 bridgehead atoms. The van der Waals surface area contributed by atoms with Crippen LogP contribution in [0.3, 0.4) is 0 Å². The Morgan fingerprint density at radius 1 is 1.83 bits per heavy atom. The van der Waals surface area contributed by atoms with Gasteiger partial charge in [-0.1, -0.05) is 6.08 Å². The van der Waals surface area contributed by atoms with Gasteiger partial charge in [-0.25, -0.2) is 4.98 Å². The monoisotopic (exact) mass is 276 g/mol. The lowest BCUT2D eigenvalue weighted by Gasteiger charge is -1.93. The molecular formula is C8H9IN2O. The fourth-order valence-electron chi connectivity index (χ4n) is 0.824. The lowest BCUT2D eigenvalue weighted by atomic mass is 10.2. The van der Waals surface area contributed by atoms with Crippen molar-refractivity contribution in [3.63, 3.8) is 0 Å². The number of nitrogens with one attached hydrogen (secondary N) is 1. The van der Waals surface area contributed by atoms with Gasteiger partial charge in [0.05, 0.1) is 6.33 Å². The summed E-state index contributed by atoms with van der Waals surface area (Å²) >= 11 is 2.06. The van der Waals surface area contributed by atoms with E-state index in [1.807, 2.05) is 0 Å². The zero-order valence-electron chi connectivity index (χ0n) is 6.51. The van der Waals surface area contributed by atoms with Crippen molar-refractivity contribution < 1.29 is 4.79 Å². The minimum Gasteiger partial charge on any atom is -0.339 e. The standard InChI is InChI=1S/C8H9IN2O/c1-2-3-4-6(12)7-8(9)11-5-10-7/h2,5H,1,3-4H2,(H,10,11). The van der Waals surface area contributed by atoms with E-state index in [4.69, 9.17) is 0 Å².